The Labute approximate surface area is 198 Å². The van der Waals surface area contributed by atoms with Gasteiger partial charge in [0.2, 0.25) is 5.95 Å². The first-order valence-electron chi connectivity index (χ1n) is 12.2. The molecule has 5 heterocycles. The second-order valence-corrected chi connectivity index (χ2v) is 9.31. The van der Waals surface area contributed by atoms with Gasteiger partial charge < -0.3 is 24.6 Å². The maximum absolute atomic E-state index is 5.70. The van der Waals surface area contributed by atoms with Crippen LogP contribution in [0, 0.1) is 13.8 Å². The van der Waals surface area contributed by atoms with E-state index in [1.54, 1.807) is 0 Å². The number of anilines is 3. The van der Waals surface area contributed by atoms with Crippen molar-refractivity contribution >= 4 is 28.5 Å². The third-order valence-electron chi connectivity index (χ3n) is 7.02. The maximum atomic E-state index is 5.70. The van der Waals surface area contributed by atoms with Crippen LogP contribution in [0.1, 0.15) is 43.0 Å². The molecule has 6 rings (SSSR count). The molecule has 9 nitrogen and oxygen atoms in total. The van der Waals surface area contributed by atoms with Gasteiger partial charge in [0.15, 0.2) is 5.76 Å². The highest BCUT2D eigenvalue weighted by Crippen LogP contribution is 2.40. The summed E-state index contributed by atoms with van der Waals surface area (Å²) in [5.41, 5.74) is 5.14. The van der Waals surface area contributed by atoms with E-state index in [1.165, 1.54) is 12.8 Å². The first-order chi connectivity index (χ1) is 16.7. The van der Waals surface area contributed by atoms with Gasteiger partial charge in [-0.05, 0) is 44.4 Å². The van der Waals surface area contributed by atoms with Crippen LogP contribution in [-0.2, 0) is 0 Å². The lowest BCUT2D eigenvalue weighted by atomic mass is 10.1. The van der Waals surface area contributed by atoms with E-state index in [1.807, 2.05) is 31.5 Å². The Morgan fingerprint density at radius 1 is 1.06 bits per heavy atom. The third-order valence-corrected chi connectivity index (χ3v) is 7.02. The van der Waals surface area contributed by atoms with Crippen molar-refractivity contribution in [1.82, 2.24) is 30.0 Å². The summed E-state index contributed by atoms with van der Waals surface area (Å²) in [6.45, 7) is 8.08. The SMILES string of the molecule is Cc1cc(-c2c(C)c3cnc(Nc4ccc(N5CCNCC5)cn4)nc3n2C2CCCC2)on1. The molecule has 2 N–H and O–H groups in total. The molecule has 0 atom stereocenters. The fourth-order valence-electron chi connectivity index (χ4n) is 5.28. The molecule has 1 aliphatic carbocycles. The van der Waals surface area contributed by atoms with Crippen LogP contribution in [-0.4, -0.2) is 50.9 Å². The Bertz CT molecular complexity index is 1300. The van der Waals surface area contributed by atoms with Crippen molar-refractivity contribution in [2.45, 2.75) is 45.6 Å². The number of nitrogens with one attached hydrogen (secondary N) is 2. The molecular formula is C25H30N8O. The molecule has 0 aromatic carbocycles. The molecule has 1 saturated heterocycles. The molecule has 9 heteroatoms. The van der Waals surface area contributed by atoms with Crippen LogP contribution in [0.5, 0.6) is 0 Å². The summed E-state index contributed by atoms with van der Waals surface area (Å²) in [6, 6.07) is 6.50. The number of hydrogen-bond donors (Lipinski definition) is 2. The Balaban J connectivity index is 1.35. The number of aromatic nitrogens is 5. The van der Waals surface area contributed by atoms with Crippen molar-refractivity contribution < 1.29 is 4.52 Å². The van der Waals surface area contributed by atoms with Crippen molar-refractivity contribution in [2.75, 3.05) is 36.4 Å². The predicted molar refractivity (Wildman–Crippen MR) is 133 cm³/mol. The Morgan fingerprint density at radius 3 is 2.59 bits per heavy atom. The molecule has 4 aromatic heterocycles. The Morgan fingerprint density at radius 2 is 1.88 bits per heavy atom. The standard InChI is InChI=1S/C25H30N8O/c1-16-13-21(34-31-16)23-17(2)20-15-28-25(30-24(20)33(23)18-5-3-4-6-18)29-22-8-7-19(14-27-22)32-11-9-26-10-12-32/h7-8,13-15,18,26H,3-6,9-12H2,1-2H3,(H,27,28,29,30). The number of pyridine rings is 1. The minimum Gasteiger partial charge on any atom is -0.368 e. The molecule has 0 radical (unpaired) electrons. The monoisotopic (exact) mass is 458 g/mol. The summed E-state index contributed by atoms with van der Waals surface area (Å²) < 4.78 is 8.05. The highest BCUT2D eigenvalue weighted by molar-refractivity contribution is 5.88. The van der Waals surface area contributed by atoms with Gasteiger partial charge in [-0.3, -0.25) is 0 Å². The number of fused-ring (bicyclic) bond motifs is 1. The molecule has 0 bridgehead atoms. The van der Waals surface area contributed by atoms with Gasteiger partial charge in [-0.2, -0.15) is 4.98 Å². The first-order valence-corrected chi connectivity index (χ1v) is 12.2. The lowest BCUT2D eigenvalue weighted by molar-refractivity contribution is 0.420. The number of rotatable bonds is 5. The van der Waals surface area contributed by atoms with Gasteiger partial charge in [0.05, 0.1) is 23.3 Å². The molecule has 176 valence electrons. The van der Waals surface area contributed by atoms with Gasteiger partial charge in [0.25, 0.3) is 0 Å². The fraction of sp³-hybridized carbons (Fsp3) is 0.440. The van der Waals surface area contributed by atoms with Crippen LogP contribution < -0.4 is 15.5 Å². The number of nitrogens with zero attached hydrogens (tertiary/aromatic N) is 6. The van der Waals surface area contributed by atoms with E-state index in [0.717, 1.165) is 84.3 Å². The minimum absolute atomic E-state index is 0.399. The Kier molecular flexibility index (Phi) is 5.41. The van der Waals surface area contributed by atoms with Gasteiger partial charge in [-0.25, -0.2) is 9.97 Å². The first kappa shape index (κ1) is 21.1. The van der Waals surface area contributed by atoms with Crippen LogP contribution in [0.15, 0.2) is 35.1 Å². The second kappa shape index (κ2) is 8.72. The van der Waals surface area contributed by atoms with Crippen molar-refractivity contribution in [3.05, 3.63) is 41.9 Å². The quantitative estimate of drug-likeness (QED) is 0.455. The lowest BCUT2D eigenvalue weighted by Gasteiger charge is -2.29. The molecule has 1 aliphatic heterocycles. The molecule has 2 fully saturated rings. The molecule has 2 aliphatic rings. The van der Waals surface area contributed by atoms with Gasteiger partial charge in [-0.1, -0.05) is 18.0 Å². The van der Waals surface area contributed by atoms with E-state index >= 15 is 0 Å². The molecule has 0 unspecified atom stereocenters. The van der Waals surface area contributed by atoms with E-state index in [-0.39, 0.29) is 0 Å². The van der Waals surface area contributed by atoms with Gasteiger partial charge >= 0.3 is 0 Å². The average Bonchev–Trinajstić information content (AvgIpc) is 3.60. The number of hydrogen-bond acceptors (Lipinski definition) is 8. The van der Waals surface area contributed by atoms with Crippen LogP contribution >= 0.6 is 0 Å². The molecule has 1 saturated carbocycles. The summed E-state index contributed by atoms with van der Waals surface area (Å²) in [7, 11) is 0. The zero-order chi connectivity index (χ0) is 23.1. The topological polar surface area (TPSA) is 96.9 Å². The van der Waals surface area contributed by atoms with Crippen LogP contribution in [0.4, 0.5) is 17.5 Å². The summed E-state index contributed by atoms with van der Waals surface area (Å²) in [5, 5.41) is 11.9. The average molecular weight is 459 g/mol. The van der Waals surface area contributed by atoms with Crippen molar-refractivity contribution in [1.29, 1.82) is 0 Å². The predicted octanol–water partition coefficient (Wildman–Crippen LogP) is 4.37. The van der Waals surface area contributed by atoms with E-state index in [4.69, 9.17) is 9.51 Å². The zero-order valence-corrected chi connectivity index (χ0v) is 19.7. The van der Waals surface area contributed by atoms with E-state index in [2.05, 4.69) is 48.2 Å². The smallest absolute Gasteiger partial charge is 0.230 e. The van der Waals surface area contributed by atoms with Crippen molar-refractivity contribution in [3.8, 4) is 11.5 Å². The number of aryl methyl sites for hydroxylation is 2. The normalized spacial score (nSPS) is 17.1. The minimum atomic E-state index is 0.399. The fourth-order valence-corrected chi connectivity index (χ4v) is 5.28. The van der Waals surface area contributed by atoms with E-state index in [0.29, 0.717) is 12.0 Å². The van der Waals surface area contributed by atoms with Crippen molar-refractivity contribution in [2.24, 2.45) is 0 Å². The van der Waals surface area contributed by atoms with Gasteiger partial charge in [-0.15, -0.1) is 0 Å². The van der Waals surface area contributed by atoms with Crippen molar-refractivity contribution in [3.63, 3.8) is 0 Å². The highest BCUT2D eigenvalue weighted by atomic mass is 16.5. The molecule has 34 heavy (non-hydrogen) atoms. The van der Waals surface area contributed by atoms with Gasteiger partial charge in [0, 0.05) is 49.9 Å². The Hall–Kier alpha value is -3.46. The largest absolute Gasteiger partial charge is 0.368 e. The molecular weight excluding hydrogens is 428 g/mol. The summed E-state index contributed by atoms with van der Waals surface area (Å²) >= 11 is 0. The van der Waals surface area contributed by atoms with Crippen LogP contribution in [0.3, 0.4) is 0 Å². The van der Waals surface area contributed by atoms with E-state index in [9.17, 15) is 0 Å². The molecule has 0 spiro atoms. The summed E-state index contributed by atoms with van der Waals surface area (Å²) in [5.74, 6) is 2.08. The van der Waals surface area contributed by atoms with Crippen LogP contribution in [0.2, 0.25) is 0 Å². The summed E-state index contributed by atoms with van der Waals surface area (Å²) in [6.07, 6.45) is 8.58. The second-order valence-electron chi connectivity index (χ2n) is 9.31. The molecule has 4 aromatic rings. The van der Waals surface area contributed by atoms with Gasteiger partial charge in [0.1, 0.15) is 11.5 Å². The lowest BCUT2D eigenvalue weighted by Crippen LogP contribution is -2.43. The highest BCUT2D eigenvalue weighted by Gasteiger charge is 2.27. The maximum Gasteiger partial charge on any atom is 0.230 e. The van der Waals surface area contributed by atoms with Crippen LogP contribution in [0.25, 0.3) is 22.5 Å². The number of piperazine rings is 1. The van der Waals surface area contributed by atoms with E-state index < -0.39 is 0 Å². The zero-order valence-electron chi connectivity index (χ0n) is 19.7. The third kappa shape index (κ3) is 3.79. The summed E-state index contributed by atoms with van der Waals surface area (Å²) in [4.78, 5) is 16.5. The molecule has 0 amide bonds.